The van der Waals surface area contributed by atoms with E-state index in [0.29, 0.717) is 18.7 Å². The second-order valence-corrected chi connectivity index (χ2v) is 9.72. The molecule has 1 atom stereocenters. The molecule has 0 radical (unpaired) electrons. The predicted octanol–water partition coefficient (Wildman–Crippen LogP) is 5.96. The first kappa shape index (κ1) is 24.0. The molecule has 2 aromatic rings. The van der Waals surface area contributed by atoms with Crippen LogP contribution in [0.2, 0.25) is 5.02 Å². The Balaban J connectivity index is 1.42. The van der Waals surface area contributed by atoms with Crippen molar-refractivity contribution >= 4 is 34.2 Å². The van der Waals surface area contributed by atoms with E-state index >= 15 is 0 Å². The van der Waals surface area contributed by atoms with Crippen LogP contribution in [0.4, 0.5) is 5.13 Å². The molecule has 3 rings (SSSR count). The zero-order valence-electron chi connectivity index (χ0n) is 18.9. The SMILES string of the molecule is CCCCCCCCCC(=O)N1CCN(c2nc(Cc3ccc(Cl)cc3)ns2)CC1C. The summed E-state index contributed by atoms with van der Waals surface area (Å²) in [7, 11) is 0. The van der Waals surface area contributed by atoms with Crippen LogP contribution in [0.15, 0.2) is 24.3 Å². The van der Waals surface area contributed by atoms with Crippen LogP contribution >= 0.6 is 23.1 Å². The van der Waals surface area contributed by atoms with Crippen LogP contribution < -0.4 is 4.90 Å². The Kier molecular flexibility index (Phi) is 9.59. The van der Waals surface area contributed by atoms with Crippen LogP contribution in [0.1, 0.15) is 76.6 Å². The lowest BCUT2D eigenvalue weighted by Crippen LogP contribution is -2.54. The lowest BCUT2D eigenvalue weighted by atomic mass is 10.1. The highest BCUT2D eigenvalue weighted by Crippen LogP contribution is 2.23. The standard InChI is InChI=1S/C24H35ClN4OS/c1-3-4-5-6-7-8-9-10-23(30)29-16-15-28(18-19(29)2)24-26-22(27-31-24)17-20-11-13-21(25)14-12-20/h11-14,19H,3-10,15-18H2,1-2H3. The molecule has 5 nitrogen and oxygen atoms in total. The number of unbranched alkanes of at least 4 members (excludes halogenated alkanes) is 6. The number of hydrogen-bond acceptors (Lipinski definition) is 5. The summed E-state index contributed by atoms with van der Waals surface area (Å²) in [4.78, 5) is 21.8. The van der Waals surface area contributed by atoms with E-state index in [1.54, 1.807) is 0 Å². The smallest absolute Gasteiger partial charge is 0.222 e. The third-order valence-electron chi connectivity index (χ3n) is 5.95. The van der Waals surface area contributed by atoms with Crippen LogP contribution in [-0.4, -0.2) is 45.8 Å². The number of piperazine rings is 1. The highest BCUT2D eigenvalue weighted by atomic mass is 35.5. The van der Waals surface area contributed by atoms with E-state index in [0.717, 1.165) is 47.6 Å². The first-order valence-corrected chi connectivity index (χ1v) is 12.8. The minimum Gasteiger partial charge on any atom is -0.343 e. The van der Waals surface area contributed by atoms with Crippen LogP contribution in [0.5, 0.6) is 0 Å². The summed E-state index contributed by atoms with van der Waals surface area (Å²) in [5, 5.41) is 1.69. The fourth-order valence-electron chi connectivity index (χ4n) is 4.11. The summed E-state index contributed by atoms with van der Waals surface area (Å²) in [6, 6.07) is 8.03. The van der Waals surface area contributed by atoms with Crippen molar-refractivity contribution in [1.82, 2.24) is 14.3 Å². The van der Waals surface area contributed by atoms with Crippen molar-refractivity contribution in [2.75, 3.05) is 24.5 Å². The maximum Gasteiger partial charge on any atom is 0.222 e. The first-order chi connectivity index (χ1) is 15.1. The first-order valence-electron chi connectivity index (χ1n) is 11.7. The van der Waals surface area contributed by atoms with E-state index in [4.69, 9.17) is 16.6 Å². The van der Waals surface area contributed by atoms with E-state index in [-0.39, 0.29) is 6.04 Å². The van der Waals surface area contributed by atoms with Gasteiger partial charge in [-0.25, -0.2) is 4.98 Å². The van der Waals surface area contributed by atoms with Crippen molar-refractivity contribution in [3.8, 4) is 0 Å². The van der Waals surface area contributed by atoms with Gasteiger partial charge in [-0.15, -0.1) is 0 Å². The number of rotatable bonds is 11. The van der Waals surface area contributed by atoms with Crippen molar-refractivity contribution in [3.63, 3.8) is 0 Å². The number of carbonyl (C=O) groups is 1. The van der Waals surface area contributed by atoms with Gasteiger partial charge in [0.2, 0.25) is 11.0 Å². The molecule has 1 fully saturated rings. The topological polar surface area (TPSA) is 49.3 Å². The molecule has 1 saturated heterocycles. The summed E-state index contributed by atoms with van der Waals surface area (Å²) in [6.45, 7) is 6.79. The fourth-order valence-corrected chi connectivity index (χ4v) is 4.95. The molecule has 31 heavy (non-hydrogen) atoms. The number of aromatic nitrogens is 2. The summed E-state index contributed by atoms with van der Waals surface area (Å²) in [5.41, 5.74) is 1.16. The summed E-state index contributed by atoms with van der Waals surface area (Å²) in [6.07, 6.45) is 10.1. The number of carbonyl (C=O) groups excluding carboxylic acids is 1. The van der Waals surface area contributed by atoms with Crippen molar-refractivity contribution in [2.45, 2.75) is 77.7 Å². The van der Waals surface area contributed by atoms with Gasteiger partial charge in [-0.1, -0.05) is 69.2 Å². The molecule has 0 bridgehead atoms. The van der Waals surface area contributed by atoms with Crippen LogP contribution in [0.3, 0.4) is 0 Å². The van der Waals surface area contributed by atoms with Crippen LogP contribution in [-0.2, 0) is 11.2 Å². The Hall–Kier alpha value is -1.66. The van der Waals surface area contributed by atoms with Crippen molar-refractivity contribution in [3.05, 3.63) is 40.7 Å². The molecular formula is C24H35ClN4OS. The van der Waals surface area contributed by atoms with Gasteiger partial charge in [-0.2, -0.15) is 4.37 Å². The quantitative estimate of drug-likeness (QED) is 0.386. The van der Waals surface area contributed by atoms with Crippen LogP contribution in [0.25, 0.3) is 0 Å². The largest absolute Gasteiger partial charge is 0.343 e. The summed E-state index contributed by atoms with van der Waals surface area (Å²) >= 11 is 7.41. The maximum absolute atomic E-state index is 12.7. The number of anilines is 1. The number of nitrogens with zero attached hydrogens (tertiary/aromatic N) is 4. The Morgan fingerprint density at radius 3 is 2.52 bits per heavy atom. The van der Waals surface area contributed by atoms with Crippen molar-refractivity contribution in [1.29, 1.82) is 0 Å². The van der Waals surface area contributed by atoms with Crippen molar-refractivity contribution < 1.29 is 4.79 Å². The number of benzene rings is 1. The number of amides is 1. The molecule has 7 heteroatoms. The van der Waals surface area contributed by atoms with Gasteiger partial charge in [-0.05, 0) is 31.0 Å². The highest BCUT2D eigenvalue weighted by molar-refractivity contribution is 7.09. The molecule has 1 unspecified atom stereocenters. The second kappa shape index (κ2) is 12.4. The maximum atomic E-state index is 12.7. The molecule has 0 aliphatic carbocycles. The zero-order chi connectivity index (χ0) is 22.1. The molecule has 0 spiro atoms. The van der Waals surface area contributed by atoms with Crippen molar-refractivity contribution in [2.24, 2.45) is 0 Å². The third-order valence-corrected chi connectivity index (χ3v) is 7.01. The van der Waals surface area contributed by atoms with Gasteiger partial charge in [0.25, 0.3) is 0 Å². The van der Waals surface area contributed by atoms with Gasteiger partial charge in [0, 0.05) is 55.1 Å². The van der Waals surface area contributed by atoms with E-state index in [1.807, 2.05) is 24.3 Å². The summed E-state index contributed by atoms with van der Waals surface area (Å²) in [5.74, 6) is 1.15. The fraction of sp³-hybridized carbons (Fsp3) is 0.625. The molecule has 0 saturated carbocycles. The molecule has 170 valence electrons. The highest BCUT2D eigenvalue weighted by Gasteiger charge is 2.28. The van der Waals surface area contributed by atoms with E-state index in [9.17, 15) is 4.79 Å². The third kappa shape index (κ3) is 7.46. The van der Waals surface area contributed by atoms with Gasteiger partial charge in [0.1, 0.15) is 5.82 Å². The Morgan fingerprint density at radius 1 is 1.10 bits per heavy atom. The van der Waals surface area contributed by atoms with Gasteiger partial charge in [0.15, 0.2) is 0 Å². The molecule has 1 amide bonds. The second-order valence-electron chi connectivity index (χ2n) is 8.55. The van der Waals surface area contributed by atoms with Crippen LogP contribution in [0, 0.1) is 0 Å². The molecule has 1 aromatic heterocycles. The molecule has 2 heterocycles. The lowest BCUT2D eigenvalue weighted by molar-refractivity contribution is -0.133. The predicted molar refractivity (Wildman–Crippen MR) is 130 cm³/mol. The zero-order valence-corrected chi connectivity index (χ0v) is 20.4. The van der Waals surface area contributed by atoms with E-state index in [1.165, 1.54) is 50.1 Å². The average molecular weight is 463 g/mol. The Morgan fingerprint density at radius 2 is 1.81 bits per heavy atom. The van der Waals surface area contributed by atoms with E-state index < -0.39 is 0 Å². The monoisotopic (exact) mass is 462 g/mol. The summed E-state index contributed by atoms with van der Waals surface area (Å²) < 4.78 is 4.54. The number of hydrogen-bond donors (Lipinski definition) is 0. The van der Waals surface area contributed by atoms with Gasteiger partial charge >= 0.3 is 0 Å². The van der Waals surface area contributed by atoms with Gasteiger partial charge < -0.3 is 9.80 Å². The molecular weight excluding hydrogens is 428 g/mol. The minimum atomic E-state index is 0.203. The van der Waals surface area contributed by atoms with Gasteiger partial charge in [0.05, 0.1) is 0 Å². The van der Waals surface area contributed by atoms with Gasteiger partial charge in [-0.3, -0.25) is 4.79 Å². The van der Waals surface area contributed by atoms with E-state index in [2.05, 4.69) is 28.0 Å². The molecule has 1 aromatic carbocycles. The molecule has 1 aliphatic heterocycles. The number of halogens is 1. The average Bonchev–Trinajstić information content (AvgIpc) is 3.23. The Labute approximate surface area is 196 Å². The normalized spacial score (nSPS) is 16.7. The molecule has 0 N–H and O–H groups in total. The lowest BCUT2D eigenvalue weighted by Gasteiger charge is -2.39. The minimum absolute atomic E-state index is 0.203. The molecule has 1 aliphatic rings. The Bertz CT molecular complexity index is 810.